The largest absolute Gasteiger partial charge is 0.302 e. The molecule has 134 valence electrons. The zero-order valence-corrected chi connectivity index (χ0v) is 15.9. The molecule has 0 bridgehead atoms. The zero-order chi connectivity index (χ0) is 17.8. The van der Waals surface area contributed by atoms with Gasteiger partial charge in [0, 0.05) is 23.0 Å². The maximum Gasteiger partial charge on any atom is 0.240 e. The van der Waals surface area contributed by atoms with E-state index in [1.165, 1.54) is 22.7 Å². The maximum atomic E-state index is 12.3. The number of carbonyl (C=O) groups excluding carboxylic acids is 2. The van der Waals surface area contributed by atoms with Gasteiger partial charge in [0.05, 0.1) is 18.2 Å². The van der Waals surface area contributed by atoms with E-state index in [0.717, 1.165) is 30.0 Å². The molecule has 0 spiro atoms. The Morgan fingerprint density at radius 3 is 2.84 bits per heavy atom. The summed E-state index contributed by atoms with van der Waals surface area (Å²) in [7, 11) is 0. The molecule has 7 nitrogen and oxygen atoms in total. The predicted molar refractivity (Wildman–Crippen MR) is 100 cm³/mol. The lowest BCUT2D eigenvalue weighted by molar-refractivity contribution is -0.123. The molecule has 0 radical (unpaired) electrons. The Kier molecular flexibility index (Phi) is 5.77. The van der Waals surface area contributed by atoms with Gasteiger partial charge < -0.3 is 10.6 Å². The van der Waals surface area contributed by atoms with Gasteiger partial charge in [-0.1, -0.05) is 0 Å². The summed E-state index contributed by atoms with van der Waals surface area (Å²) >= 11 is 2.89. The number of hydrogen-bond donors (Lipinski definition) is 2. The van der Waals surface area contributed by atoms with Gasteiger partial charge in [-0.25, -0.2) is 9.97 Å². The van der Waals surface area contributed by atoms with Crippen LogP contribution in [0, 0.1) is 19.8 Å². The van der Waals surface area contributed by atoms with Crippen molar-refractivity contribution >= 4 is 44.8 Å². The SMILES string of the molecule is Cc1nc(NC(=O)CN2CCCC(C(=O)Nc3nccs3)C2)sc1C. The summed E-state index contributed by atoms with van der Waals surface area (Å²) in [5.41, 5.74) is 0.942. The van der Waals surface area contributed by atoms with Gasteiger partial charge in [-0.15, -0.1) is 22.7 Å². The van der Waals surface area contributed by atoms with E-state index in [-0.39, 0.29) is 24.3 Å². The molecule has 25 heavy (non-hydrogen) atoms. The average Bonchev–Trinajstić information content (AvgIpc) is 3.17. The number of nitrogens with one attached hydrogen (secondary N) is 2. The van der Waals surface area contributed by atoms with Crippen molar-refractivity contribution < 1.29 is 9.59 Å². The Morgan fingerprint density at radius 1 is 1.32 bits per heavy atom. The summed E-state index contributed by atoms with van der Waals surface area (Å²) in [6.07, 6.45) is 3.40. The number of likely N-dealkylation sites (tertiary alicyclic amines) is 1. The standard InChI is InChI=1S/C16H21N5O2S2/c1-10-11(2)25-16(18-10)19-13(22)9-21-6-3-4-12(8-21)14(23)20-15-17-5-7-24-15/h5,7,12H,3-4,6,8-9H2,1-2H3,(H,17,20,23)(H,18,19,22). The number of aromatic nitrogens is 2. The number of aryl methyl sites for hydroxylation is 2. The van der Waals surface area contributed by atoms with E-state index in [4.69, 9.17) is 0 Å². The Morgan fingerprint density at radius 2 is 2.16 bits per heavy atom. The molecular formula is C16H21N5O2S2. The van der Waals surface area contributed by atoms with Gasteiger partial charge in [0.25, 0.3) is 0 Å². The molecule has 3 heterocycles. The maximum absolute atomic E-state index is 12.3. The fourth-order valence-corrected chi connectivity index (χ4v) is 4.16. The fraction of sp³-hybridized carbons (Fsp3) is 0.500. The van der Waals surface area contributed by atoms with Crippen LogP contribution in [0.3, 0.4) is 0 Å². The Labute approximate surface area is 154 Å². The lowest BCUT2D eigenvalue weighted by Crippen LogP contribution is -2.43. The van der Waals surface area contributed by atoms with E-state index >= 15 is 0 Å². The topological polar surface area (TPSA) is 87.2 Å². The molecule has 2 aromatic heterocycles. The summed E-state index contributed by atoms with van der Waals surface area (Å²) in [6, 6.07) is 0. The molecule has 0 aromatic carbocycles. The van der Waals surface area contributed by atoms with Crippen LogP contribution in [0.4, 0.5) is 10.3 Å². The molecule has 1 aliphatic rings. The van der Waals surface area contributed by atoms with Crippen LogP contribution in [-0.2, 0) is 9.59 Å². The number of nitrogens with zero attached hydrogens (tertiary/aromatic N) is 3. The first-order chi connectivity index (χ1) is 12.0. The van der Waals surface area contributed by atoms with Crippen molar-refractivity contribution in [2.45, 2.75) is 26.7 Å². The smallest absolute Gasteiger partial charge is 0.240 e. The van der Waals surface area contributed by atoms with Crippen LogP contribution in [0.15, 0.2) is 11.6 Å². The lowest BCUT2D eigenvalue weighted by Gasteiger charge is -2.31. The molecule has 1 aliphatic heterocycles. The van der Waals surface area contributed by atoms with Crippen LogP contribution in [0.2, 0.25) is 0 Å². The third kappa shape index (κ3) is 4.83. The highest BCUT2D eigenvalue weighted by Gasteiger charge is 2.27. The summed E-state index contributed by atoms with van der Waals surface area (Å²) in [4.78, 5) is 36.1. The number of amides is 2. The molecule has 2 N–H and O–H groups in total. The first-order valence-electron chi connectivity index (χ1n) is 8.18. The van der Waals surface area contributed by atoms with Gasteiger partial charge in [-0.2, -0.15) is 0 Å². The molecule has 3 rings (SSSR count). The summed E-state index contributed by atoms with van der Waals surface area (Å²) in [6.45, 7) is 5.60. The van der Waals surface area contributed by atoms with E-state index in [0.29, 0.717) is 16.8 Å². The molecule has 2 aromatic rings. The first kappa shape index (κ1) is 18.0. The fourth-order valence-electron chi connectivity index (χ4n) is 2.79. The zero-order valence-electron chi connectivity index (χ0n) is 14.2. The monoisotopic (exact) mass is 379 g/mol. The van der Waals surface area contributed by atoms with E-state index in [1.54, 1.807) is 6.20 Å². The number of carbonyl (C=O) groups is 2. The van der Waals surface area contributed by atoms with Crippen molar-refractivity contribution in [3.05, 3.63) is 22.1 Å². The summed E-state index contributed by atoms with van der Waals surface area (Å²) in [5, 5.41) is 8.78. The van der Waals surface area contributed by atoms with Gasteiger partial charge in [-0.05, 0) is 33.2 Å². The van der Waals surface area contributed by atoms with Crippen molar-refractivity contribution in [3.8, 4) is 0 Å². The van der Waals surface area contributed by atoms with E-state index in [9.17, 15) is 9.59 Å². The minimum absolute atomic E-state index is 0.0220. The van der Waals surface area contributed by atoms with Crippen LogP contribution in [0.5, 0.6) is 0 Å². The second kappa shape index (κ2) is 8.03. The van der Waals surface area contributed by atoms with Crippen LogP contribution in [0.1, 0.15) is 23.4 Å². The Bertz CT molecular complexity index is 724. The van der Waals surface area contributed by atoms with Crippen molar-refractivity contribution in [2.75, 3.05) is 30.3 Å². The van der Waals surface area contributed by atoms with Crippen LogP contribution in [-0.4, -0.2) is 46.3 Å². The number of hydrogen-bond acceptors (Lipinski definition) is 7. The van der Waals surface area contributed by atoms with E-state index in [2.05, 4.69) is 20.6 Å². The molecule has 1 saturated heterocycles. The van der Waals surface area contributed by atoms with E-state index in [1.807, 2.05) is 24.1 Å². The molecule has 1 atom stereocenters. The van der Waals surface area contributed by atoms with Gasteiger partial charge in [0.1, 0.15) is 0 Å². The quantitative estimate of drug-likeness (QED) is 0.833. The molecule has 1 unspecified atom stereocenters. The highest BCUT2D eigenvalue weighted by atomic mass is 32.1. The predicted octanol–water partition coefficient (Wildman–Crippen LogP) is 2.51. The number of anilines is 2. The normalized spacial score (nSPS) is 18.1. The van der Waals surface area contributed by atoms with Crippen molar-refractivity contribution in [3.63, 3.8) is 0 Å². The van der Waals surface area contributed by atoms with Gasteiger partial charge in [-0.3, -0.25) is 14.5 Å². The minimum Gasteiger partial charge on any atom is -0.302 e. The summed E-state index contributed by atoms with van der Waals surface area (Å²) < 4.78 is 0. The second-order valence-electron chi connectivity index (χ2n) is 6.11. The Balaban J connectivity index is 1.50. The highest BCUT2D eigenvalue weighted by molar-refractivity contribution is 7.15. The van der Waals surface area contributed by atoms with Crippen molar-refractivity contribution in [1.82, 2.24) is 14.9 Å². The first-order valence-corrected chi connectivity index (χ1v) is 9.87. The molecule has 2 amide bonds. The average molecular weight is 380 g/mol. The molecule has 0 saturated carbocycles. The number of rotatable bonds is 5. The van der Waals surface area contributed by atoms with Gasteiger partial charge in [0.15, 0.2) is 10.3 Å². The molecule has 1 fully saturated rings. The Hall–Kier alpha value is -1.84. The summed E-state index contributed by atoms with van der Waals surface area (Å²) in [5.74, 6) is -0.226. The molecule has 9 heteroatoms. The number of thiazole rings is 2. The van der Waals surface area contributed by atoms with Crippen LogP contribution < -0.4 is 10.6 Å². The third-order valence-electron chi connectivity index (χ3n) is 4.18. The van der Waals surface area contributed by atoms with Gasteiger partial charge >= 0.3 is 0 Å². The second-order valence-corrected chi connectivity index (χ2v) is 8.21. The van der Waals surface area contributed by atoms with E-state index < -0.39 is 0 Å². The molecular weight excluding hydrogens is 358 g/mol. The molecule has 0 aliphatic carbocycles. The van der Waals surface area contributed by atoms with Gasteiger partial charge in [0.2, 0.25) is 11.8 Å². The van der Waals surface area contributed by atoms with Crippen LogP contribution >= 0.6 is 22.7 Å². The van der Waals surface area contributed by atoms with Crippen molar-refractivity contribution in [1.29, 1.82) is 0 Å². The third-order valence-corrected chi connectivity index (χ3v) is 5.86. The minimum atomic E-state index is -0.116. The van der Waals surface area contributed by atoms with Crippen LogP contribution in [0.25, 0.3) is 0 Å². The number of piperidine rings is 1. The van der Waals surface area contributed by atoms with Crippen molar-refractivity contribution in [2.24, 2.45) is 5.92 Å². The lowest BCUT2D eigenvalue weighted by atomic mass is 9.97. The highest BCUT2D eigenvalue weighted by Crippen LogP contribution is 2.22.